The first-order valence-corrected chi connectivity index (χ1v) is 13.6. The molecule has 0 saturated carbocycles. The number of nitrogens with one attached hydrogen (secondary N) is 1. The third kappa shape index (κ3) is 5.91. The number of aromatic nitrogens is 2. The Morgan fingerprint density at radius 1 is 1.02 bits per heavy atom. The Kier molecular flexibility index (Phi) is 7.37. The van der Waals surface area contributed by atoms with E-state index in [1.165, 1.54) is 4.68 Å². The molecule has 0 aliphatic carbocycles. The van der Waals surface area contributed by atoms with Gasteiger partial charge in [0.15, 0.2) is 12.4 Å². The summed E-state index contributed by atoms with van der Waals surface area (Å²) in [4.78, 5) is 30.4. The lowest BCUT2D eigenvalue weighted by Gasteiger charge is -2.08. The molecule has 4 aromatic carbocycles. The Morgan fingerprint density at radius 3 is 2.61 bits per heavy atom. The van der Waals surface area contributed by atoms with Gasteiger partial charge in [-0.15, -0.1) is 0 Å². The fraction of sp³-hybridized carbons (Fsp3) is 0.0323. The van der Waals surface area contributed by atoms with E-state index in [4.69, 9.17) is 25.7 Å². The lowest BCUT2D eigenvalue weighted by molar-refractivity contribution is -0.118. The minimum absolute atomic E-state index is 0.161. The van der Waals surface area contributed by atoms with Gasteiger partial charge < -0.3 is 14.5 Å². The first-order chi connectivity index (χ1) is 19.9. The van der Waals surface area contributed by atoms with Crippen molar-refractivity contribution >= 4 is 67.2 Å². The van der Waals surface area contributed by atoms with E-state index in [0.717, 1.165) is 9.86 Å². The van der Waals surface area contributed by atoms with Crippen LogP contribution in [0.2, 0.25) is 5.02 Å². The van der Waals surface area contributed by atoms with E-state index in [2.05, 4.69) is 26.3 Å². The first kappa shape index (κ1) is 26.5. The number of carbonyl (C=O) groups is 1. The number of hydrogen-bond donors (Lipinski definition) is 1. The second-order valence-corrected chi connectivity index (χ2v) is 10.4. The van der Waals surface area contributed by atoms with E-state index in [1.807, 2.05) is 30.3 Å². The van der Waals surface area contributed by atoms with Gasteiger partial charge in [0.1, 0.15) is 11.3 Å². The Morgan fingerprint density at radius 2 is 1.80 bits per heavy atom. The molecule has 0 aliphatic heterocycles. The maximum absolute atomic E-state index is 13.5. The minimum Gasteiger partial charge on any atom is -0.484 e. The van der Waals surface area contributed by atoms with Crippen LogP contribution >= 0.6 is 27.5 Å². The number of halogens is 2. The molecule has 202 valence electrons. The van der Waals surface area contributed by atoms with Crippen molar-refractivity contribution in [2.75, 3.05) is 11.9 Å². The highest BCUT2D eigenvalue weighted by Gasteiger charge is 2.16. The fourth-order valence-corrected chi connectivity index (χ4v) is 4.67. The molecule has 41 heavy (non-hydrogen) atoms. The number of nitrogens with zero attached hydrogens (tertiary/aromatic N) is 3. The van der Waals surface area contributed by atoms with E-state index in [-0.39, 0.29) is 23.9 Å². The summed E-state index contributed by atoms with van der Waals surface area (Å²) >= 11 is 9.35. The lowest BCUT2D eigenvalue weighted by Crippen LogP contribution is -2.20. The molecule has 0 radical (unpaired) electrons. The second-order valence-electron chi connectivity index (χ2n) is 9.02. The summed E-state index contributed by atoms with van der Waals surface area (Å²) in [6.45, 7) is -0.161. The molecule has 1 N–H and O–H groups in total. The predicted octanol–water partition coefficient (Wildman–Crippen LogP) is 7.13. The van der Waals surface area contributed by atoms with E-state index in [0.29, 0.717) is 44.3 Å². The molecular formula is C31H20BrClN4O4. The van der Waals surface area contributed by atoms with Crippen LogP contribution in [0.4, 0.5) is 5.69 Å². The summed E-state index contributed by atoms with van der Waals surface area (Å²) in [5.41, 5.74) is 2.22. The van der Waals surface area contributed by atoms with E-state index in [9.17, 15) is 9.59 Å². The van der Waals surface area contributed by atoms with Crippen molar-refractivity contribution in [3.05, 3.63) is 122 Å². The largest absolute Gasteiger partial charge is 0.484 e. The molecule has 0 spiro atoms. The molecule has 6 rings (SSSR count). The molecule has 0 aliphatic rings. The van der Waals surface area contributed by atoms with Gasteiger partial charge in [-0.2, -0.15) is 9.78 Å². The Balaban J connectivity index is 1.24. The van der Waals surface area contributed by atoms with Crippen molar-refractivity contribution < 1.29 is 13.9 Å². The molecule has 0 fully saturated rings. The number of hydrogen-bond acceptors (Lipinski definition) is 6. The summed E-state index contributed by atoms with van der Waals surface area (Å²) in [6.07, 6.45) is 1.55. The average molecular weight is 628 g/mol. The summed E-state index contributed by atoms with van der Waals surface area (Å²) in [6, 6.07) is 28.4. The number of fused-ring (bicyclic) bond motifs is 2. The van der Waals surface area contributed by atoms with Crippen LogP contribution in [0.25, 0.3) is 33.5 Å². The number of furan rings is 1. The van der Waals surface area contributed by atoms with E-state index < -0.39 is 0 Å². The fourth-order valence-electron chi connectivity index (χ4n) is 4.17. The molecule has 10 heteroatoms. The van der Waals surface area contributed by atoms with Crippen LogP contribution in [0.3, 0.4) is 0 Å². The zero-order valence-corrected chi connectivity index (χ0v) is 23.6. The van der Waals surface area contributed by atoms with Crippen LogP contribution < -0.4 is 15.6 Å². The molecule has 0 bridgehead atoms. The van der Waals surface area contributed by atoms with Gasteiger partial charge in [-0.25, -0.2) is 4.98 Å². The molecule has 6 aromatic rings. The van der Waals surface area contributed by atoms with Crippen LogP contribution in [0.5, 0.6) is 5.75 Å². The molecule has 0 atom stereocenters. The number of amides is 1. The van der Waals surface area contributed by atoms with E-state index in [1.54, 1.807) is 72.9 Å². The Labute approximate surface area is 247 Å². The van der Waals surface area contributed by atoms with Crippen LogP contribution in [0.1, 0.15) is 5.56 Å². The normalized spacial score (nSPS) is 11.4. The van der Waals surface area contributed by atoms with Gasteiger partial charge in [0, 0.05) is 20.6 Å². The number of para-hydroxylation sites is 1. The third-order valence-electron chi connectivity index (χ3n) is 6.15. The lowest BCUT2D eigenvalue weighted by atomic mass is 10.2. The van der Waals surface area contributed by atoms with Crippen LogP contribution in [-0.2, 0) is 4.79 Å². The predicted molar refractivity (Wildman–Crippen MR) is 164 cm³/mol. The molecule has 2 heterocycles. The monoisotopic (exact) mass is 626 g/mol. The zero-order chi connectivity index (χ0) is 28.3. The number of anilines is 1. The van der Waals surface area contributed by atoms with Gasteiger partial charge in [-0.3, -0.25) is 9.59 Å². The number of carbonyl (C=O) groups excluding carboxylic acids is 1. The van der Waals surface area contributed by atoms with Crippen molar-refractivity contribution in [1.82, 2.24) is 9.66 Å². The van der Waals surface area contributed by atoms with E-state index >= 15 is 0 Å². The summed E-state index contributed by atoms with van der Waals surface area (Å²) in [7, 11) is 0. The summed E-state index contributed by atoms with van der Waals surface area (Å²) in [5.74, 6) is 0.904. The van der Waals surface area contributed by atoms with Gasteiger partial charge in [0.2, 0.25) is 5.82 Å². The third-order valence-corrected chi connectivity index (χ3v) is 6.90. The van der Waals surface area contributed by atoms with Crippen LogP contribution in [0.15, 0.2) is 116 Å². The van der Waals surface area contributed by atoms with Crippen molar-refractivity contribution in [1.29, 1.82) is 0 Å². The maximum atomic E-state index is 13.5. The topological polar surface area (TPSA) is 98.7 Å². The van der Waals surface area contributed by atoms with Crippen molar-refractivity contribution in [2.24, 2.45) is 5.10 Å². The molecular weight excluding hydrogens is 608 g/mol. The Bertz CT molecular complexity index is 1980. The number of rotatable bonds is 7. The highest BCUT2D eigenvalue weighted by atomic mass is 79.9. The molecule has 8 nitrogen and oxygen atoms in total. The number of ether oxygens (including phenoxy) is 1. The van der Waals surface area contributed by atoms with Gasteiger partial charge >= 0.3 is 0 Å². The first-order valence-electron chi connectivity index (χ1n) is 12.5. The standard InChI is InChI=1S/C31H20BrClN4O4/c32-21-7-14-27-20(15-21)16-28(41-27)30-36-26-4-2-1-3-25(26)31(39)37(30)34-17-19-5-12-24(13-6-19)40-18-29(38)35-23-10-8-22(33)9-11-23/h1-17H,18H2,(H,35,38). The second kappa shape index (κ2) is 11.4. The quantitative estimate of drug-likeness (QED) is 0.190. The van der Waals surface area contributed by atoms with Gasteiger partial charge in [-0.1, -0.05) is 39.7 Å². The summed E-state index contributed by atoms with van der Waals surface area (Å²) in [5, 5.41) is 9.12. The zero-order valence-electron chi connectivity index (χ0n) is 21.3. The van der Waals surface area contributed by atoms with Crippen molar-refractivity contribution in [3.8, 4) is 17.3 Å². The molecule has 2 aromatic heterocycles. The highest BCUT2D eigenvalue weighted by Crippen LogP contribution is 2.29. The molecule has 0 unspecified atom stereocenters. The van der Waals surface area contributed by atoms with Crippen LogP contribution in [0, 0.1) is 0 Å². The smallest absolute Gasteiger partial charge is 0.282 e. The summed E-state index contributed by atoms with van der Waals surface area (Å²) < 4.78 is 13.8. The average Bonchev–Trinajstić information content (AvgIpc) is 3.40. The SMILES string of the molecule is O=C(COc1ccc(C=Nn2c(-c3cc4cc(Br)ccc4o3)nc3ccccc3c2=O)cc1)Nc1ccc(Cl)cc1. The van der Waals surface area contributed by atoms with Gasteiger partial charge in [-0.05, 0) is 90.5 Å². The van der Waals surface area contributed by atoms with Crippen molar-refractivity contribution in [2.45, 2.75) is 0 Å². The Hall–Kier alpha value is -4.73. The highest BCUT2D eigenvalue weighted by molar-refractivity contribution is 9.10. The molecule has 1 amide bonds. The van der Waals surface area contributed by atoms with Crippen LogP contribution in [-0.4, -0.2) is 28.4 Å². The number of benzene rings is 4. The maximum Gasteiger partial charge on any atom is 0.282 e. The minimum atomic E-state index is -0.324. The van der Waals surface area contributed by atoms with Gasteiger partial charge in [0.25, 0.3) is 11.5 Å². The van der Waals surface area contributed by atoms with Crippen molar-refractivity contribution in [3.63, 3.8) is 0 Å². The van der Waals surface area contributed by atoms with Gasteiger partial charge in [0.05, 0.1) is 17.1 Å². The molecule has 0 saturated heterocycles.